The van der Waals surface area contributed by atoms with Crippen LogP contribution in [-0.4, -0.2) is 49.7 Å². The molecular formula is C16H16BrN7. The molecule has 122 valence electrons. The molecule has 2 bridgehead atoms. The standard InChI is InChI=1S/C16H16BrN7/c1-10-20-21-16-15(18-4-5-22(10)16)24-9-12-6-13(24)8-23(12)14-3-2-11(17)7-19-14/h2-5,7,12-13H,6,8-9H2,1H3. The first-order chi connectivity index (χ1) is 11.7. The predicted molar refractivity (Wildman–Crippen MR) is 94.3 cm³/mol. The summed E-state index contributed by atoms with van der Waals surface area (Å²) in [6, 6.07) is 5.04. The summed E-state index contributed by atoms with van der Waals surface area (Å²) in [4.78, 5) is 13.9. The Kier molecular flexibility index (Phi) is 3.03. The van der Waals surface area contributed by atoms with Gasteiger partial charge in [0.15, 0.2) is 5.82 Å². The highest BCUT2D eigenvalue weighted by Crippen LogP contribution is 2.37. The van der Waals surface area contributed by atoms with Crippen molar-refractivity contribution in [3.05, 3.63) is 41.0 Å². The number of piperazine rings is 1. The average Bonchev–Trinajstić information content (AvgIpc) is 3.30. The molecule has 2 aliphatic heterocycles. The van der Waals surface area contributed by atoms with Gasteiger partial charge in [0, 0.05) is 36.2 Å². The van der Waals surface area contributed by atoms with Gasteiger partial charge >= 0.3 is 0 Å². The summed E-state index contributed by atoms with van der Waals surface area (Å²) in [6.07, 6.45) is 6.74. The minimum Gasteiger partial charge on any atom is -0.350 e. The van der Waals surface area contributed by atoms with Crippen molar-refractivity contribution in [1.82, 2.24) is 24.6 Å². The van der Waals surface area contributed by atoms with Crippen molar-refractivity contribution in [3.8, 4) is 0 Å². The lowest BCUT2D eigenvalue weighted by Crippen LogP contribution is -2.47. The SMILES string of the molecule is Cc1nnc2c(N3CC4CC3CN4c3ccc(Br)cn3)nccn12. The molecule has 5 heterocycles. The second-order valence-corrected chi connectivity index (χ2v) is 7.29. The maximum absolute atomic E-state index is 4.59. The molecule has 2 saturated heterocycles. The monoisotopic (exact) mass is 385 g/mol. The van der Waals surface area contributed by atoms with E-state index in [0.717, 1.165) is 47.1 Å². The van der Waals surface area contributed by atoms with Crippen molar-refractivity contribution < 1.29 is 0 Å². The van der Waals surface area contributed by atoms with E-state index in [1.54, 1.807) is 0 Å². The molecule has 8 heteroatoms. The fourth-order valence-corrected chi connectivity index (χ4v) is 4.11. The van der Waals surface area contributed by atoms with E-state index >= 15 is 0 Å². The smallest absolute Gasteiger partial charge is 0.203 e. The van der Waals surface area contributed by atoms with Crippen molar-refractivity contribution in [2.75, 3.05) is 22.9 Å². The molecule has 2 aliphatic rings. The van der Waals surface area contributed by atoms with Gasteiger partial charge in [-0.3, -0.25) is 4.40 Å². The quantitative estimate of drug-likeness (QED) is 0.672. The second kappa shape index (κ2) is 5.14. The number of aryl methyl sites for hydroxylation is 1. The fourth-order valence-electron chi connectivity index (χ4n) is 3.88. The molecule has 7 nitrogen and oxygen atoms in total. The van der Waals surface area contributed by atoms with E-state index < -0.39 is 0 Å². The maximum atomic E-state index is 4.59. The third-order valence-corrected chi connectivity index (χ3v) is 5.47. The molecule has 2 atom stereocenters. The second-order valence-electron chi connectivity index (χ2n) is 6.37. The molecule has 5 rings (SSSR count). The topological polar surface area (TPSA) is 62.5 Å². The predicted octanol–water partition coefficient (Wildman–Crippen LogP) is 2.06. The number of halogens is 1. The van der Waals surface area contributed by atoms with E-state index in [1.165, 1.54) is 0 Å². The Hall–Kier alpha value is -2.22. The van der Waals surface area contributed by atoms with Crippen molar-refractivity contribution in [3.63, 3.8) is 0 Å². The van der Waals surface area contributed by atoms with Gasteiger partial charge in [0.05, 0.1) is 12.1 Å². The van der Waals surface area contributed by atoms with Gasteiger partial charge in [-0.25, -0.2) is 9.97 Å². The highest BCUT2D eigenvalue weighted by atomic mass is 79.9. The normalized spacial score (nSPS) is 22.8. The minimum atomic E-state index is 0.441. The first-order valence-electron chi connectivity index (χ1n) is 8.02. The van der Waals surface area contributed by atoms with Crippen LogP contribution in [0.4, 0.5) is 11.6 Å². The Morgan fingerprint density at radius 3 is 2.67 bits per heavy atom. The average molecular weight is 386 g/mol. The third-order valence-electron chi connectivity index (χ3n) is 5.00. The molecule has 0 spiro atoms. The molecule has 0 aliphatic carbocycles. The van der Waals surface area contributed by atoms with Crippen LogP contribution in [0.5, 0.6) is 0 Å². The summed E-state index contributed by atoms with van der Waals surface area (Å²) in [5, 5.41) is 8.49. The van der Waals surface area contributed by atoms with E-state index in [0.29, 0.717) is 12.1 Å². The van der Waals surface area contributed by atoms with Crippen LogP contribution in [0.3, 0.4) is 0 Å². The number of nitrogens with zero attached hydrogens (tertiary/aromatic N) is 7. The van der Waals surface area contributed by atoms with Crippen LogP contribution >= 0.6 is 15.9 Å². The largest absolute Gasteiger partial charge is 0.350 e. The van der Waals surface area contributed by atoms with E-state index in [9.17, 15) is 0 Å². The van der Waals surface area contributed by atoms with Gasteiger partial charge in [-0.05, 0) is 41.4 Å². The summed E-state index contributed by atoms with van der Waals surface area (Å²) in [7, 11) is 0. The molecule has 24 heavy (non-hydrogen) atoms. The Labute approximate surface area is 147 Å². The summed E-state index contributed by atoms with van der Waals surface area (Å²) < 4.78 is 3.01. The van der Waals surface area contributed by atoms with Gasteiger partial charge in [-0.1, -0.05) is 0 Å². The molecule has 0 amide bonds. The molecule has 3 aromatic rings. The van der Waals surface area contributed by atoms with Gasteiger partial charge in [-0.15, -0.1) is 10.2 Å². The first-order valence-corrected chi connectivity index (χ1v) is 8.81. The van der Waals surface area contributed by atoms with Crippen LogP contribution in [0.2, 0.25) is 0 Å². The Balaban J connectivity index is 1.45. The molecule has 2 fully saturated rings. The van der Waals surface area contributed by atoms with E-state index in [4.69, 9.17) is 0 Å². The van der Waals surface area contributed by atoms with E-state index in [-0.39, 0.29) is 0 Å². The number of rotatable bonds is 2. The Morgan fingerprint density at radius 1 is 1.08 bits per heavy atom. The summed E-state index contributed by atoms with van der Waals surface area (Å²) in [5.41, 5.74) is 0.843. The Bertz CT molecular complexity index is 906. The number of hydrogen-bond donors (Lipinski definition) is 0. The number of aromatic nitrogens is 5. The zero-order valence-electron chi connectivity index (χ0n) is 13.2. The lowest BCUT2D eigenvalue weighted by molar-refractivity contribution is 0.635. The van der Waals surface area contributed by atoms with Crippen molar-refractivity contribution in [2.24, 2.45) is 0 Å². The highest BCUT2D eigenvalue weighted by molar-refractivity contribution is 9.10. The zero-order chi connectivity index (χ0) is 16.3. The van der Waals surface area contributed by atoms with Crippen LogP contribution < -0.4 is 9.80 Å². The zero-order valence-corrected chi connectivity index (χ0v) is 14.8. The molecule has 0 N–H and O–H groups in total. The van der Waals surface area contributed by atoms with Crippen LogP contribution in [0.25, 0.3) is 5.65 Å². The lowest BCUT2D eigenvalue weighted by atomic mass is 10.2. The molecular weight excluding hydrogens is 370 g/mol. The van der Waals surface area contributed by atoms with Crippen LogP contribution in [-0.2, 0) is 0 Å². The molecule has 3 aromatic heterocycles. The van der Waals surface area contributed by atoms with E-state index in [2.05, 4.69) is 52.0 Å². The number of hydrogen-bond acceptors (Lipinski definition) is 6. The van der Waals surface area contributed by atoms with Crippen molar-refractivity contribution in [2.45, 2.75) is 25.4 Å². The number of fused-ring (bicyclic) bond motifs is 3. The highest BCUT2D eigenvalue weighted by Gasteiger charge is 2.45. The van der Waals surface area contributed by atoms with Crippen molar-refractivity contribution in [1.29, 1.82) is 0 Å². The third kappa shape index (κ3) is 2.02. The summed E-state index contributed by atoms with van der Waals surface area (Å²) in [5.74, 6) is 2.88. The van der Waals surface area contributed by atoms with Crippen LogP contribution in [0.1, 0.15) is 12.2 Å². The summed E-state index contributed by atoms with van der Waals surface area (Å²) in [6.45, 7) is 3.87. The van der Waals surface area contributed by atoms with Gasteiger partial charge < -0.3 is 9.80 Å². The first kappa shape index (κ1) is 14.2. The fraction of sp³-hybridized carbons (Fsp3) is 0.375. The van der Waals surface area contributed by atoms with Gasteiger partial charge in [0.2, 0.25) is 5.65 Å². The molecule has 0 saturated carbocycles. The van der Waals surface area contributed by atoms with Crippen LogP contribution in [0.15, 0.2) is 35.2 Å². The number of anilines is 2. The molecule has 0 aromatic carbocycles. The molecule has 0 radical (unpaired) electrons. The van der Waals surface area contributed by atoms with Crippen molar-refractivity contribution >= 4 is 33.2 Å². The Morgan fingerprint density at radius 2 is 1.92 bits per heavy atom. The number of pyridine rings is 1. The van der Waals surface area contributed by atoms with Gasteiger partial charge in [0.25, 0.3) is 0 Å². The summed E-state index contributed by atoms with van der Waals surface area (Å²) >= 11 is 3.45. The van der Waals surface area contributed by atoms with Crippen LogP contribution in [0, 0.1) is 6.92 Å². The maximum Gasteiger partial charge on any atom is 0.203 e. The minimum absolute atomic E-state index is 0.441. The lowest BCUT2D eigenvalue weighted by Gasteiger charge is -2.35. The molecule has 2 unspecified atom stereocenters. The van der Waals surface area contributed by atoms with E-state index in [1.807, 2.05) is 36.0 Å². The van der Waals surface area contributed by atoms with Gasteiger partial charge in [-0.2, -0.15) is 0 Å². The van der Waals surface area contributed by atoms with Gasteiger partial charge in [0.1, 0.15) is 11.6 Å².